The van der Waals surface area contributed by atoms with Crippen molar-refractivity contribution < 1.29 is 19.0 Å². The first-order chi connectivity index (χ1) is 7.76. The summed E-state index contributed by atoms with van der Waals surface area (Å²) >= 11 is 0. The van der Waals surface area contributed by atoms with E-state index < -0.39 is 11.9 Å². The summed E-state index contributed by atoms with van der Waals surface area (Å²) in [5.74, 6) is -1.12. The summed E-state index contributed by atoms with van der Waals surface area (Å²) in [7, 11) is 1.61. The molecule has 1 unspecified atom stereocenters. The third-order valence-electron chi connectivity index (χ3n) is 1.94. The molecule has 0 fully saturated rings. The molecule has 0 aromatic rings. The van der Waals surface area contributed by atoms with Crippen LogP contribution in [0.4, 0.5) is 0 Å². The smallest absolute Gasteiger partial charge is 0.323 e. The molecule has 0 aromatic carbocycles. The maximum atomic E-state index is 11.2. The van der Waals surface area contributed by atoms with Gasteiger partial charge in [0, 0.05) is 13.7 Å². The highest BCUT2D eigenvalue weighted by Crippen LogP contribution is 2.07. The van der Waals surface area contributed by atoms with Crippen LogP contribution in [-0.2, 0) is 19.0 Å². The summed E-state index contributed by atoms with van der Waals surface area (Å²) in [6, 6.07) is 1.93. The molecule has 0 amide bonds. The molecule has 0 rings (SSSR count). The molecular weight excluding hydrogens is 210 g/mol. The predicted octanol–water partition coefficient (Wildman–Crippen LogP) is 1.13. The van der Waals surface area contributed by atoms with Gasteiger partial charge in [0.05, 0.1) is 25.9 Å². The number of carbonyl (C=O) groups excluding carboxylic acids is 1. The molecule has 5 heteroatoms. The third kappa shape index (κ3) is 7.21. The molecule has 0 heterocycles. The van der Waals surface area contributed by atoms with Gasteiger partial charge in [0.15, 0.2) is 0 Å². The van der Waals surface area contributed by atoms with E-state index in [1.165, 1.54) is 0 Å². The second-order valence-corrected chi connectivity index (χ2v) is 3.18. The minimum Gasteiger partial charge on any atom is -0.465 e. The van der Waals surface area contributed by atoms with E-state index in [4.69, 9.17) is 19.5 Å². The van der Waals surface area contributed by atoms with Gasteiger partial charge in [0.25, 0.3) is 0 Å². The van der Waals surface area contributed by atoms with E-state index in [1.54, 1.807) is 14.0 Å². The number of ether oxygens (including phenoxy) is 3. The average molecular weight is 229 g/mol. The number of rotatable bonds is 9. The average Bonchev–Trinajstić information content (AvgIpc) is 2.28. The maximum absolute atomic E-state index is 11.2. The first-order valence-electron chi connectivity index (χ1n) is 5.39. The number of carbonyl (C=O) groups is 1. The molecule has 0 aliphatic heterocycles. The van der Waals surface area contributed by atoms with Gasteiger partial charge in [-0.25, -0.2) is 0 Å². The van der Waals surface area contributed by atoms with Crippen molar-refractivity contribution in [1.29, 1.82) is 5.26 Å². The Balaban J connectivity index is 3.56. The lowest BCUT2D eigenvalue weighted by Gasteiger charge is -2.08. The topological polar surface area (TPSA) is 68.6 Å². The van der Waals surface area contributed by atoms with Crippen LogP contribution >= 0.6 is 0 Å². The highest BCUT2D eigenvalue weighted by atomic mass is 16.5. The van der Waals surface area contributed by atoms with E-state index in [9.17, 15) is 4.79 Å². The van der Waals surface area contributed by atoms with Crippen molar-refractivity contribution in [3.8, 4) is 6.07 Å². The quantitative estimate of drug-likeness (QED) is 0.438. The Labute approximate surface area is 96.3 Å². The molecule has 0 aliphatic rings. The summed E-state index contributed by atoms with van der Waals surface area (Å²) in [5.41, 5.74) is 0. The molecule has 0 saturated carbocycles. The fourth-order valence-electron chi connectivity index (χ4n) is 1.11. The number of hydrogen-bond donors (Lipinski definition) is 0. The van der Waals surface area contributed by atoms with Crippen LogP contribution in [0.25, 0.3) is 0 Å². The Morgan fingerprint density at radius 2 is 2.12 bits per heavy atom. The molecule has 92 valence electrons. The minimum atomic E-state index is -0.675. The van der Waals surface area contributed by atoms with E-state index in [0.717, 1.165) is 0 Å². The summed E-state index contributed by atoms with van der Waals surface area (Å²) in [5, 5.41) is 8.75. The first kappa shape index (κ1) is 14.9. The molecule has 5 nitrogen and oxygen atoms in total. The summed E-state index contributed by atoms with van der Waals surface area (Å²) in [4.78, 5) is 11.2. The third-order valence-corrected chi connectivity index (χ3v) is 1.94. The first-order valence-corrected chi connectivity index (χ1v) is 5.39. The van der Waals surface area contributed by atoms with Crippen LogP contribution in [-0.4, -0.2) is 39.5 Å². The Kier molecular flexibility index (Phi) is 9.67. The molecule has 0 radical (unpaired) electrons. The highest BCUT2D eigenvalue weighted by Gasteiger charge is 2.18. The van der Waals surface area contributed by atoms with Crippen molar-refractivity contribution in [1.82, 2.24) is 0 Å². The molecule has 0 spiro atoms. The van der Waals surface area contributed by atoms with Gasteiger partial charge < -0.3 is 14.2 Å². The van der Waals surface area contributed by atoms with Crippen LogP contribution < -0.4 is 0 Å². The van der Waals surface area contributed by atoms with Gasteiger partial charge in [-0.05, 0) is 19.8 Å². The number of nitrogens with zero attached hydrogens (tertiary/aromatic N) is 1. The van der Waals surface area contributed by atoms with Gasteiger partial charge in [-0.3, -0.25) is 4.79 Å². The minimum absolute atomic E-state index is 0.307. The largest absolute Gasteiger partial charge is 0.465 e. The van der Waals surface area contributed by atoms with Crippen LogP contribution in [0.3, 0.4) is 0 Å². The zero-order valence-corrected chi connectivity index (χ0v) is 9.90. The van der Waals surface area contributed by atoms with E-state index >= 15 is 0 Å². The zero-order chi connectivity index (χ0) is 12.2. The van der Waals surface area contributed by atoms with Gasteiger partial charge >= 0.3 is 5.97 Å². The molecule has 1 atom stereocenters. The van der Waals surface area contributed by atoms with Crippen LogP contribution in [0.2, 0.25) is 0 Å². The van der Waals surface area contributed by atoms with Crippen molar-refractivity contribution in [3.63, 3.8) is 0 Å². The van der Waals surface area contributed by atoms with Crippen LogP contribution in [0.15, 0.2) is 0 Å². The van der Waals surface area contributed by atoms with E-state index in [2.05, 4.69) is 0 Å². The lowest BCUT2D eigenvalue weighted by Crippen LogP contribution is -2.17. The van der Waals surface area contributed by atoms with Crippen LogP contribution in [0, 0.1) is 17.2 Å². The fourth-order valence-corrected chi connectivity index (χ4v) is 1.11. The lowest BCUT2D eigenvalue weighted by atomic mass is 10.1. The van der Waals surface area contributed by atoms with E-state index in [1.807, 2.05) is 6.07 Å². The van der Waals surface area contributed by atoms with Crippen LogP contribution in [0.5, 0.6) is 0 Å². The zero-order valence-electron chi connectivity index (χ0n) is 9.90. The van der Waals surface area contributed by atoms with Crippen molar-refractivity contribution >= 4 is 5.97 Å². The number of esters is 1. The molecule has 0 aromatic heterocycles. The Morgan fingerprint density at radius 3 is 2.69 bits per heavy atom. The molecule has 16 heavy (non-hydrogen) atoms. The van der Waals surface area contributed by atoms with Gasteiger partial charge in [-0.15, -0.1) is 0 Å². The second-order valence-electron chi connectivity index (χ2n) is 3.18. The van der Waals surface area contributed by atoms with Gasteiger partial charge in [0.1, 0.15) is 5.92 Å². The van der Waals surface area contributed by atoms with Gasteiger partial charge in [0.2, 0.25) is 0 Å². The normalized spacial score (nSPS) is 11.8. The molecular formula is C11H19NO4. The fraction of sp³-hybridized carbons (Fsp3) is 0.818. The Hall–Kier alpha value is -1.12. The lowest BCUT2D eigenvalue weighted by molar-refractivity contribution is -0.146. The molecule has 0 aliphatic carbocycles. The van der Waals surface area contributed by atoms with Crippen LogP contribution in [0.1, 0.15) is 19.8 Å². The summed E-state index contributed by atoms with van der Waals surface area (Å²) in [6.07, 6.45) is 1.14. The molecule has 0 N–H and O–H groups in total. The summed E-state index contributed by atoms with van der Waals surface area (Å²) in [6.45, 7) is 3.65. The molecule has 0 bridgehead atoms. The number of methoxy groups -OCH3 is 1. The van der Waals surface area contributed by atoms with Gasteiger partial charge in [-0.2, -0.15) is 5.26 Å². The Morgan fingerprint density at radius 1 is 1.38 bits per heavy atom. The number of hydrogen-bond acceptors (Lipinski definition) is 5. The van der Waals surface area contributed by atoms with E-state index in [-0.39, 0.29) is 0 Å². The van der Waals surface area contributed by atoms with Crippen molar-refractivity contribution in [2.75, 3.05) is 33.5 Å². The summed E-state index contributed by atoms with van der Waals surface area (Å²) < 4.78 is 14.8. The highest BCUT2D eigenvalue weighted by molar-refractivity contribution is 5.75. The van der Waals surface area contributed by atoms with Crippen molar-refractivity contribution in [2.45, 2.75) is 19.8 Å². The standard InChI is InChI=1S/C11H19NO4/c1-3-16-11(13)10(9-12)5-4-6-15-8-7-14-2/h10H,3-8H2,1-2H3. The van der Waals surface area contributed by atoms with E-state index in [0.29, 0.717) is 39.3 Å². The van der Waals surface area contributed by atoms with Crippen molar-refractivity contribution in [2.24, 2.45) is 5.92 Å². The van der Waals surface area contributed by atoms with Crippen molar-refractivity contribution in [3.05, 3.63) is 0 Å². The second kappa shape index (κ2) is 10.4. The predicted molar refractivity (Wildman–Crippen MR) is 57.7 cm³/mol. The molecule has 0 saturated heterocycles. The number of nitriles is 1. The monoisotopic (exact) mass is 229 g/mol. The maximum Gasteiger partial charge on any atom is 0.323 e. The Bertz CT molecular complexity index is 225. The SMILES string of the molecule is CCOC(=O)C(C#N)CCCOCCOC. The van der Waals surface area contributed by atoms with Gasteiger partial charge in [-0.1, -0.05) is 0 Å².